The third kappa shape index (κ3) is 4.83. The molecule has 5 nitrogen and oxygen atoms in total. The van der Waals surface area contributed by atoms with E-state index in [-0.39, 0.29) is 6.54 Å². The third-order valence-corrected chi connectivity index (χ3v) is 4.53. The maximum atomic E-state index is 12.6. The molecule has 0 fully saturated rings. The van der Waals surface area contributed by atoms with E-state index in [4.69, 9.17) is 0 Å². The van der Waals surface area contributed by atoms with Crippen LogP contribution in [0.15, 0.2) is 60.7 Å². The van der Waals surface area contributed by atoms with Gasteiger partial charge in [0, 0.05) is 5.69 Å². The van der Waals surface area contributed by atoms with Crippen LogP contribution in [0.3, 0.4) is 0 Å². The van der Waals surface area contributed by atoms with Crippen molar-refractivity contribution in [2.75, 3.05) is 4.90 Å². The van der Waals surface area contributed by atoms with Crippen molar-refractivity contribution in [3.05, 3.63) is 66.2 Å². The molecule has 0 heterocycles. The Morgan fingerprint density at radius 2 is 1.54 bits per heavy atom. The van der Waals surface area contributed by atoms with Crippen LogP contribution >= 0.6 is 0 Å². The van der Waals surface area contributed by atoms with Crippen LogP contribution in [0.2, 0.25) is 0 Å². The van der Waals surface area contributed by atoms with Crippen molar-refractivity contribution in [2.24, 2.45) is 0 Å². The van der Waals surface area contributed by atoms with Crippen LogP contribution in [0, 0.1) is 0 Å². The molecule has 0 aliphatic carbocycles. The molecule has 140 valence electrons. The van der Waals surface area contributed by atoms with Gasteiger partial charge in [0.2, 0.25) is 0 Å². The topological polar surface area (TPSA) is 63.7 Å². The first-order valence-electron chi connectivity index (χ1n) is 7.52. The van der Waals surface area contributed by atoms with Crippen LogP contribution in [-0.4, -0.2) is 25.9 Å². The number of hydrogen-bond donors (Lipinski definition) is 0. The molecule has 0 aliphatic heterocycles. The molecular formula is C17H16F3NO4S. The van der Waals surface area contributed by atoms with Crippen molar-refractivity contribution >= 4 is 21.7 Å². The number of nitrogens with zero attached hydrogens (tertiary/aromatic N) is 1. The SMILES string of the molecule is CC(OS(=O)(=O)C(F)(F)F)C(=O)N(Cc1ccccc1)c1ccccc1. The summed E-state index contributed by atoms with van der Waals surface area (Å²) >= 11 is 0. The largest absolute Gasteiger partial charge is 0.523 e. The highest BCUT2D eigenvalue weighted by atomic mass is 32.2. The standard InChI is InChI=1S/C17H16F3NO4S/c1-13(25-26(23,24)17(18,19)20)16(22)21(15-10-6-3-7-11-15)12-14-8-4-2-5-9-14/h2-11,13H,12H2,1H3. The van der Waals surface area contributed by atoms with Gasteiger partial charge >= 0.3 is 15.6 Å². The predicted molar refractivity (Wildman–Crippen MR) is 89.6 cm³/mol. The monoisotopic (exact) mass is 387 g/mol. The highest BCUT2D eigenvalue weighted by molar-refractivity contribution is 7.87. The summed E-state index contributed by atoms with van der Waals surface area (Å²) in [5.74, 6) is -0.909. The van der Waals surface area contributed by atoms with Gasteiger partial charge in [0.1, 0.15) is 0 Å². The smallest absolute Gasteiger partial charge is 0.306 e. The summed E-state index contributed by atoms with van der Waals surface area (Å²) in [5, 5.41) is 0. The van der Waals surface area contributed by atoms with Gasteiger partial charge in [0.25, 0.3) is 5.91 Å². The van der Waals surface area contributed by atoms with Gasteiger partial charge in [-0.2, -0.15) is 21.6 Å². The zero-order chi connectivity index (χ0) is 19.4. The Bertz CT molecular complexity index is 839. The van der Waals surface area contributed by atoms with E-state index in [2.05, 4.69) is 4.18 Å². The molecule has 1 amide bonds. The van der Waals surface area contributed by atoms with E-state index in [1.165, 1.54) is 4.90 Å². The van der Waals surface area contributed by atoms with E-state index in [0.29, 0.717) is 5.69 Å². The Balaban J connectivity index is 2.28. The van der Waals surface area contributed by atoms with Crippen molar-refractivity contribution in [2.45, 2.75) is 25.1 Å². The number of alkyl halides is 3. The average Bonchev–Trinajstić information content (AvgIpc) is 2.59. The molecule has 0 N–H and O–H groups in total. The van der Waals surface area contributed by atoms with Crippen LogP contribution in [0.25, 0.3) is 0 Å². The quantitative estimate of drug-likeness (QED) is 0.562. The van der Waals surface area contributed by atoms with Gasteiger partial charge in [-0.1, -0.05) is 48.5 Å². The Morgan fingerprint density at radius 3 is 2.04 bits per heavy atom. The zero-order valence-electron chi connectivity index (χ0n) is 13.7. The summed E-state index contributed by atoms with van der Waals surface area (Å²) in [4.78, 5) is 13.8. The molecule has 26 heavy (non-hydrogen) atoms. The first kappa shape index (κ1) is 19.9. The fourth-order valence-corrected chi connectivity index (χ4v) is 2.75. The zero-order valence-corrected chi connectivity index (χ0v) is 14.5. The van der Waals surface area contributed by atoms with Crippen LogP contribution in [0.4, 0.5) is 18.9 Å². The molecule has 9 heteroatoms. The van der Waals surface area contributed by atoms with Crippen molar-refractivity contribution in [1.82, 2.24) is 0 Å². The Morgan fingerprint density at radius 1 is 1.04 bits per heavy atom. The lowest BCUT2D eigenvalue weighted by atomic mass is 10.1. The highest BCUT2D eigenvalue weighted by Gasteiger charge is 2.49. The molecule has 0 aliphatic rings. The van der Waals surface area contributed by atoms with Gasteiger partial charge < -0.3 is 4.90 Å². The predicted octanol–water partition coefficient (Wildman–Crippen LogP) is 3.47. The Labute approximate surface area is 149 Å². The summed E-state index contributed by atoms with van der Waals surface area (Å²) in [6.07, 6.45) is -1.84. The summed E-state index contributed by atoms with van der Waals surface area (Å²) in [7, 11) is -5.88. The van der Waals surface area contributed by atoms with E-state index >= 15 is 0 Å². The van der Waals surface area contributed by atoms with Crippen molar-refractivity contribution < 1.29 is 30.6 Å². The number of para-hydroxylation sites is 1. The minimum atomic E-state index is -5.88. The number of amides is 1. The second-order valence-corrected chi connectivity index (χ2v) is 6.95. The van der Waals surface area contributed by atoms with Crippen LogP contribution in [0.1, 0.15) is 12.5 Å². The highest BCUT2D eigenvalue weighted by Crippen LogP contribution is 2.27. The second kappa shape index (κ2) is 7.88. The fraction of sp³-hybridized carbons (Fsp3) is 0.235. The molecule has 0 saturated carbocycles. The molecule has 2 aromatic rings. The molecular weight excluding hydrogens is 371 g/mol. The van der Waals surface area contributed by atoms with Gasteiger partial charge in [-0.05, 0) is 24.6 Å². The first-order valence-corrected chi connectivity index (χ1v) is 8.92. The number of carbonyl (C=O) groups is 1. The van der Waals surface area contributed by atoms with Crippen molar-refractivity contribution in [1.29, 1.82) is 0 Å². The molecule has 1 unspecified atom stereocenters. The summed E-state index contributed by atoms with van der Waals surface area (Å²) in [6, 6.07) is 16.9. The van der Waals surface area contributed by atoms with Crippen molar-refractivity contribution in [3.63, 3.8) is 0 Å². The molecule has 0 saturated heterocycles. The first-order chi connectivity index (χ1) is 12.1. The molecule has 0 spiro atoms. The number of hydrogen-bond acceptors (Lipinski definition) is 4. The minimum Gasteiger partial charge on any atom is -0.306 e. The molecule has 0 bridgehead atoms. The van der Waals surface area contributed by atoms with E-state index in [1.54, 1.807) is 60.7 Å². The van der Waals surface area contributed by atoms with Gasteiger partial charge in [-0.25, -0.2) is 0 Å². The number of anilines is 1. The Hall–Kier alpha value is -2.39. The van der Waals surface area contributed by atoms with E-state index in [9.17, 15) is 26.4 Å². The van der Waals surface area contributed by atoms with E-state index in [1.807, 2.05) is 0 Å². The second-order valence-electron chi connectivity index (χ2n) is 5.38. The van der Waals surface area contributed by atoms with Crippen LogP contribution < -0.4 is 4.90 Å². The van der Waals surface area contributed by atoms with Gasteiger partial charge in [0.05, 0.1) is 6.54 Å². The lowest BCUT2D eigenvalue weighted by Gasteiger charge is -2.26. The van der Waals surface area contributed by atoms with Gasteiger partial charge in [-0.3, -0.25) is 8.98 Å². The van der Waals surface area contributed by atoms with Gasteiger partial charge in [-0.15, -0.1) is 0 Å². The number of carbonyl (C=O) groups excluding carboxylic acids is 1. The molecule has 1 atom stereocenters. The summed E-state index contributed by atoms with van der Waals surface area (Å²) in [6.45, 7) is 1.01. The molecule has 0 radical (unpaired) electrons. The fourth-order valence-electron chi connectivity index (χ4n) is 2.18. The van der Waals surface area contributed by atoms with Crippen molar-refractivity contribution in [3.8, 4) is 0 Å². The Kier molecular flexibility index (Phi) is 6.04. The number of halogens is 3. The summed E-state index contributed by atoms with van der Waals surface area (Å²) in [5.41, 5.74) is -4.48. The number of benzene rings is 2. The molecule has 0 aromatic heterocycles. The van der Waals surface area contributed by atoms with Crippen LogP contribution in [0.5, 0.6) is 0 Å². The maximum Gasteiger partial charge on any atom is 0.523 e. The minimum absolute atomic E-state index is 0.0451. The van der Waals surface area contributed by atoms with Gasteiger partial charge in [0.15, 0.2) is 6.10 Å². The normalized spacial score (nSPS) is 13.2. The number of rotatable bonds is 6. The van der Waals surface area contributed by atoms with E-state index < -0.39 is 27.6 Å². The van der Waals surface area contributed by atoms with Crippen LogP contribution in [-0.2, 0) is 25.6 Å². The maximum absolute atomic E-state index is 12.6. The average molecular weight is 387 g/mol. The van der Waals surface area contributed by atoms with E-state index in [0.717, 1.165) is 12.5 Å². The molecule has 2 aromatic carbocycles. The lowest BCUT2D eigenvalue weighted by Crippen LogP contribution is -2.41. The lowest BCUT2D eigenvalue weighted by molar-refractivity contribution is -0.125. The third-order valence-electron chi connectivity index (χ3n) is 3.42. The summed E-state index contributed by atoms with van der Waals surface area (Å²) < 4.78 is 63.9. The molecule has 2 rings (SSSR count).